The van der Waals surface area contributed by atoms with Gasteiger partial charge in [-0.2, -0.15) is 0 Å². The van der Waals surface area contributed by atoms with E-state index in [0.29, 0.717) is 41.6 Å². The third kappa shape index (κ3) is 2.85. The molecule has 0 saturated carbocycles. The molecule has 0 saturated heterocycles. The lowest BCUT2D eigenvalue weighted by molar-refractivity contribution is 0.580. The van der Waals surface area contributed by atoms with Crippen LogP contribution >= 0.6 is 23.2 Å². The van der Waals surface area contributed by atoms with Gasteiger partial charge in [-0.1, -0.05) is 12.1 Å². The Balaban J connectivity index is 2.61. The fourth-order valence-electron chi connectivity index (χ4n) is 2.07. The Morgan fingerprint density at radius 3 is 2.47 bits per heavy atom. The molecule has 0 N–H and O–H groups in total. The number of halogens is 2. The molecule has 2 aromatic rings. The van der Waals surface area contributed by atoms with Gasteiger partial charge in [0.2, 0.25) is 0 Å². The lowest BCUT2D eigenvalue weighted by Gasteiger charge is -2.26. The molecule has 19 heavy (non-hydrogen) atoms. The Labute approximate surface area is 121 Å². The van der Waals surface area contributed by atoms with Crippen LogP contribution < -0.4 is 10.6 Å². The first-order chi connectivity index (χ1) is 9.19. The quantitative estimate of drug-likeness (QED) is 0.794. The predicted molar refractivity (Wildman–Crippen MR) is 80.1 cm³/mol. The van der Waals surface area contributed by atoms with Gasteiger partial charge in [-0.15, -0.1) is 23.2 Å². The number of hydrogen-bond donors (Lipinski definition) is 0. The molecule has 0 radical (unpaired) electrons. The average molecular weight is 300 g/mol. The van der Waals surface area contributed by atoms with Crippen molar-refractivity contribution >= 4 is 34.1 Å². The van der Waals surface area contributed by atoms with E-state index in [0.717, 1.165) is 0 Å². The summed E-state index contributed by atoms with van der Waals surface area (Å²) in [5, 5.41) is 2.43. The zero-order chi connectivity index (χ0) is 13.8. The van der Waals surface area contributed by atoms with Crippen molar-refractivity contribution in [2.24, 2.45) is 0 Å². The van der Waals surface area contributed by atoms with Gasteiger partial charge in [0, 0.05) is 24.8 Å². The van der Waals surface area contributed by atoms with E-state index in [9.17, 15) is 4.79 Å². The van der Waals surface area contributed by atoms with E-state index < -0.39 is 0 Å². The molecular weight excluding hydrogens is 285 g/mol. The molecule has 0 aliphatic heterocycles. The van der Waals surface area contributed by atoms with Crippen LogP contribution in [0.4, 0.5) is 0 Å². The summed E-state index contributed by atoms with van der Waals surface area (Å²) in [6, 6.07) is 7.31. The summed E-state index contributed by atoms with van der Waals surface area (Å²) >= 11 is 11.6. The predicted octanol–water partition coefficient (Wildman–Crippen LogP) is 2.12. The number of alkyl halides is 2. The van der Waals surface area contributed by atoms with Gasteiger partial charge in [-0.3, -0.25) is 4.79 Å². The number of aryl methyl sites for hydroxylation is 1. The van der Waals surface area contributed by atoms with E-state index in [1.807, 2.05) is 30.1 Å². The van der Waals surface area contributed by atoms with Crippen molar-refractivity contribution in [3.8, 4) is 0 Å². The first-order valence-electron chi connectivity index (χ1n) is 6.04. The van der Waals surface area contributed by atoms with E-state index >= 15 is 0 Å². The minimum Gasteiger partial charge on any atom is -0.306 e. The van der Waals surface area contributed by atoms with Crippen molar-refractivity contribution in [1.29, 1.82) is 0 Å². The molecule has 102 valence electrons. The maximum atomic E-state index is 12.5. The Hall–Kier alpha value is -1.26. The van der Waals surface area contributed by atoms with E-state index in [2.05, 4.69) is 4.98 Å². The summed E-state index contributed by atoms with van der Waals surface area (Å²) in [5.74, 6) is 1.49. The van der Waals surface area contributed by atoms with Gasteiger partial charge in [-0.25, -0.2) is 9.66 Å². The zero-order valence-electron chi connectivity index (χ0n) is 10.6. The molecule has 0 atom stereocenters. The SMILES string of the molecule is Cc1nc2ccccc2c(=O)n1N(CCCl)CCCl. The van der Waals surface area contributed by atoms with Gasteiger partial charge in [0.1, 0.15) is 5.82 Å². The van der Waals surface area contributed by atoms with Crippen molar-refractivity contribution in [2.45, 2.75) is 6.92 Å². The normalized spacial score (nSPS) is 10.9. The minimum absolute atomic E-state index is 0.0849. The fourth-order valence-corrected chi connectivity index (χ4v) is 2.46. The molecule has 0 amide bonds. The maximum Gasteiger partial charge on any atom is 0.280 e. The number of benzene rings is 1. The number of fused-ring (bicyclic) bond motifs is 1. The summed E-state index contributed by atoms with van der Waals surface area (Å²) in [6.07, 6.45) is 0. The molecule has 0 unspecified atom stereocenters. The molecule has 1 heterocycles. The molecule has 2 rings (SSSR count). The largest absolute Gasteiger partial charge is 0.306 e. The molecule has 1 aromatic carbocycles. The van der Waals surface area contributed by atoms with Crippen LogP contribution in [0.2, 0.25) is 0 Å². The van der Waals surface area contributed by atoms with Gasteiger partial charge in [0.05, 0.1) is 10.9 Å². The van der Waals surface area contributed by atoms with Gasteiger partial charge in [0.15, 0.2) is 0 Å². The lowest BCUT2D eigenvalue weighted by Crippen LogP contribution is -2.46. The van der Waals surface area contributed by atoms with Crippen molar-refractivity contribution in [1.82, 2.24) is 9.66 Å². The van der Waals surface area contributed by atoms with Crippen LogP contribution in [-0.4, -0.2) is 34.5 Å². The topological polar surface area (TPSA) is 38.1 Å². The van der Waals surface area contributed by atoms with Gasteiger partial charge in [-0.05, 0) is 19.1 Å². The molecule has 6 heteroatoms. The first-order valence-corrected chi connectivity index (χ1v) is 7.11. The molecular formula is C13H15Cl2N3O. The van der Waals surface area contributed by atoms with Crippen LogP contribution in [0, 0.1) is 6.92 Å². The van der Waals surface area contributed by atoms with Gasteiger partial charge >= 0.3 is 0 Å². The van der Waals surface area contributed by atoms with Crippen molar-refractivity contribution in [2.75, 3.05) is 29.9 Å². The number of nitrogens with zero attached hydrogens (tertiary/aromatic N) is 3. The summed E-state index contributed by atoms with van der Waals surface area (Å²) in [6.45, 7) is 2.91. The van der Waals surface area contributed by atoms with Crippen LogP contribution in [-0.2, 0) is 0 Å². The Bertz CT molecular complexity index is 621. The fraction of sp³-hybridized carbons (Fsp3) is 0.385. The summed E-state index contributed by atoms with van der Waals surface area (Å²) in [7, 11) is 0. The molecule has 0 fully saturated rings. The number of hydrogen-bond acceptors (Lipinski definition) is 3. The third-order valence-electron chi connectivity index (χ3n) is 2.88. The van der Waals surface area contributed by atoms with Gasteiger partial charge < -0.3 is 5.01 Å². The van der Waals surface area contributed by atoms with E-state index in [1.165, 1.54) is 0 Å². The Morgan fingerprint density at radius 1 is 1.21 bits per heavy atom. The highest BCUT2D eigenvalue weighted by Crippen LogP contribution is 2.08. The highest BCUT2D eigenvalue weighted by molar-refractivity contribution is 6.18. The molecule has 1 aromatic heterocycles. The Kier molecular flexibility index (Phi) is 4.66. The van der Waals surface area contributed by atoms with E-state index in [4.69, 9.17) is 23.2 Å². The molecule has 4 nitrogen and oxygen atoms in total. The van der Waals surface area contributed by atoms with Crippen LogP contribution in [0.5, 0.6) is 0 Å². The van der Waals surface area contributed by atoms with Crippen molar-refractivity contribution in [3.05, 3.63) is 40.4 Å². The minimum atomic E-state index is -0.0849. The summed E-state index contributed by atoms with van der Waals surface area (Å²) in [4.78, 5) is 17.0. The average Bonchev–Trinajstić information content (AvgIpc) is 2.39. The summed E-state index contributed by atoms with van der Waals surface area (Å²) < 4.78 is 1.56. The second kappa shape index (κ2) is 6.26. The highest BCUT2D eigenvalue weighted by atomic mass is 35.5. The second-order valence-electron chi connectivity index (χ2n) is 4.12. The zero-order valence-corrected chi connectivity index (χ0v) is 12.2. The number of rotatable bonds is 5. The van der Waals surface area contributed by atoms with Crippen LogP contribution in [0.1, 0.15) is 5.82 Å². The van der Waals surface area contributed by atoms with Crippen LogP contribution in [0.15, 0.2) is 29.1 Å². The Morgan fingerprint density at radius 2 is 1.84 bits per heavy atom. The summed E-state index contributed by atoms with van der Waals surface area (Å²) in [5.41, 5.74) is 0.622. The number of para-hydroxylation sites is 1. The lowest BCUT2D eigenvalue weighted by atomic mass is 10.2. The monoisotopic (exact) mass is 299 g/mol. The standard InChI is InChI=1S/C13H15Cl2N3O/c1-10-16-12-5-3-2-4-11(12)13(19)18(10)17(8-6-14)9-7-15/h2-5H,6-9H2,1H3. The van der Waals surface area contributed by atoms with Gasteiger partial charge in [0.25, 0.3) is 5.56 Å². The highest BCUT2D eigenvalue weighted by Gasteiger charge is 2.13. The van der Waals surface area contributed by atoms with Crippen molar-refractivity contribution in [3.63, 3.8) is 0 Å². The molecule has 0 aliphatic carbocycles. The number of aromatic nitrogens is 2. The molecule has 0 aliphatic rings. The third-order valence-corrected chi connectivity index (χ3v) is 3.22. The van der Waals surface area contributed by atoms with Crippen LogP contribution in [0.3, 0.4) is 0 Å². The van der Waals surface area contributed by atoms with Crippen LogP contribution in [0.25, 0.3) is 10.9 Å². The molecule has 0 bridgehead atoms. The smallest absolute Gasteiger partial charge is 0.280 e. The second-order valence-corrected chi connectivity index (χ2v) is 4.88. The van der Waals surface area contributed by atoms with Crippen molar-refractivity contribution < 1.29 is 0 Å². The first kappa shape index (κ1) is 14.2. The maximum absolute atomic E-state index is 12.5. The van der Waals surface area contributed by atoms with E-state index in [1.54, 1.807) is 10.7 Å². The van der Waals surface area contributed by atoms with E-state index in [-0.39, 0.29) is 5.56 Å². The molecule has 0 spiro atoms.